The van der Waals surface area contributed by atoms with Crippen molar-refractivity contribution < 1.29 is 10.2 Å². The Bertz CT molecular complexity index is 1340. The predicted octanol–water partition coefficient (Wildman–Crippen LogP) is 4.19. The minimum atomic E-state index is -0.782. The van der Waals surface area contributed by atoms with E-state index in [4.69, 9.17) is 4.98 Å². The van der Waals surface area contributed by atoms with Crippen LogP contribution in [0.3, 0.4) is 0 Å². The largest absolute Gasteiger partial charge is 0.393 e. The lowest BCUT2D eigenvalue weighted by atomic mass is 9.87. The van der Waals surface area contributed by atoms with Gasteiger partial charge in [-0.25, -0.2) is 4.98 Å². The Morgan fingerprint density at radius 3 is 2.41 bits per heavy atom. The maximum Gasteiger partial charge on any atom is 0.224 e. The molecule has 2 aliphatic carbocycles. The number of piperazine rings is 1. The van der Waals surface area contributed by atoms with Gasteiger partial charge < -0.3 is 25.3 Å². The van der Waals surface area contributed by atoms with Crippen molar-refractivity contribution in [2.24, 2.45) is 5.92 Å². The average Bonchev–Trinajstić information content (AvgIpc) is 3.84. The van der Waals surface area contributed by atoms with Gasteiger partial charge in [0.1, 0.15) is 5.82 Å². The zero-order chi connectivity index (χ0) is 27.8. The van der Waals surface area contributed by atoms with Gasteiger partial charge in [0.25, 0.3) is 0 Å². The molecule has 41 heavy (non-hydrogen) atoms. The molecule has 3 fully saturated rings. The van der Waals surface area contributed by atoms with Gasteiger partial charge in [-0.15, -0.1) is 0 Å². The summed E-state index contributed by atoms with van der Waals surface area (Å²) in [5.41, 5.74) is 5.35. The molecule has 3 N–H and O–H groups in total. The Balaban J connectivity index is 1.12. The van der Waals surface area contributed by atoms with Crippen molar-refractivity contribution >= 4 is 17.5 Å². The highest BCUT2D eigenvalue weighted by molar-refractivity contribution is 5.82. The number of nitrogens with zero attached hydrogens (tertiary/aromatic N) is 6. The van der Waals surface area contributed by atoms with Crippen molar-refractivity contribution in [1.82, 2.24) is 19.9 Å². The Kier molecular flexibility index (Phi) is 7.50. The molecule has 1 atom stereocenters. The summed E-state index contributed by atoms with van der Waals surface area (Å²) in [5.74, 6) is 2.28. The number of hydrogen-bond donors (Lipinski definition) is 3. The summed E-state index contributed by atoms with van der Waals surface area (Å²) in [6.45, 7) is 5.68. The van der Waals surface area contributed by atoms with Crippen LogP contribution in [0.2, 0.25) is 0 Å². The Morgan fingerprint density at radius 2 is 1.66 bits per heavy atom. The lowest BCUT2D eigenvalue weighted by Crippen LogP contribution is -2.46. The van der Waals surface area contributed by atoms with Crippen molar-refractivity contribution in [2.45, 2.75) is 69.9 Å². The van der Waals surface area contributed by atoms with E-state index in [1.807, 2.05) is 18.6 Å². The number of nitrogens with one attached hydrogen (secondary N) is 1. The van der Waals surface area contributed by atoms with E-state index in [1.54, 1.807) is 0 Å². The molecule has 0 bridgehead atoms. The number of fused-ring (bicyclic) bond motifs is 3. The highest BCUT2D eigenvalue weighted by atomic mass is 16.3. The zero-order valence-electron chi connectivity index (χ0n) is 23.7. The first-order chi connectivity index (χ1) is 20.1. The van der Waals surface area contributed by atoms with Gasteiger partial charge in [-0.2, -0.15) is 4.98 Å². The SMILES string of the molecule is OC1CCC(N2c3nc(NCCC4CC4)ncc3-c3ccc(CN4CCN(c5ccncc5)CC4)cc3C2O)CC1. The minimum absolute atomic E-state index is 0.124. The smallest absolute Gasteiger partial charge is 0.224 e. The van der Waals surface area contributed by atoms with Crippen LogP contribution in [0, 0.1) is 5.92 Å². The quantitative estimate of drug-likeness (QED) is 0.378. The van der Waals surface area contributed by atoms with Crippen molar-refractivity contribution in [3.8, 4) is 11.1 Å². The number of aromatic nitrogens is 3. The van der Waals surface area contributed by atoms with Crippen LogP contribution in [0.5, 0.6) is 0 Å². The third kappa shape index (κ3) is 5.76. The van der Waals surface area contributed by atoms with Crippen LogP contribution in [0.25, 0.3) is 11.1 Å². The first kappa shape index (κ1) is 26.6. The van der Waals surface area contributed by atoms with E-state index in [0.29, 0.717) is 5.95 Å². The summed E-state index contributed by atoms with van der Waals surface area (Å²) in [6.07, 6.45) is 11.6. The number of aliphatic hydroxyl groups is 2. The summed E-state index contributed by atoms with van der Waals surface area (Å²) in [7, 11) is 0. The summed E-state index contributed by atoms with van der Waals surface area (Å²) in [5, 5.41) is 25.5. The summed E-state index contributed by atoms with van der Waals surface area (Å²) < 4.78 is 0. The zero-order valence-corrected chi connectivity index (χ0v) is 23.7. The van der Waals surface area contributed by atoms with Gasteiger partial charge in [0.2, 0.25) is 5.95 Å². The molecule has 7 rings (SSSR count). The van der Waals surface area contributed by atoms with Gasteiger partial charge in [-0.3, -0.25) is 9.88 Å². The number of aliphatic hydroxyl groups excluding tert-OH is 2. The van der Waals surface area contributed by atoms with Crippen LogP contribution >= 0.6 is 0 Å². The minimum Gasteiger partial charge on any atom is -0.393 e. The fourth-order valence-electron chi connectivity index (χ4n) is 6.76. The van der Waals surface area contributed by atoms with Gasteiger partial charge in [0.15, 0.2) is 6.23 Å². The Hall–Kier alpha value is -3.27. The lowest BCUT2D eigenvalue weighted by molar-refractivity contribution is 0.100. The van der Waals surface area contributed by atoms with Gasteiger partial charge in [-0.1, -0.05) is 25.0 Å². The van der Waals surface area contributed by atoms with Gasteiger partial charge >= 0.3 is 0 Å². The normalized spacial score (nSPS) is 24.6. The highest BCUT2D eigenvalue weighted by Gasteiger charge is 2.37. The van der Waals surface area contributed by atoms with E-state index >= 15 is 0 Å². The van der Waals surface area contributed by atoms with Crippen molar-refractivity contribution in [3.63, 3.8) is 0 Å². The topological polar surface area (TPSA) is 101 Å². The maximum absolute atomic E-state index is 11.9. The molecule has 9 nitrogen and oxygen atoms in total. The molecule has 1 unspecified atom stereocenters. The van der Waals surface area contributed by atoms with Crippen LogP contribution in [-0.2, 0) is 6.54 Å². The molecule has 2 aliphatic heterocycles. The number of hydrogen-bond acceptors (Lipinski definition) is 9. The first-order valence-electron chi connectivity index (χ1n) is 15.4. The summed E-state index contributed by atoms with van der Waals surface area (Å²) >= 11 is 0. The number of anilines is 3. The third-order valence-corrected chi connectivity index (χ3v) is 9.36. The molecule has 4 aliphatic rings. The monoisotopic (exact) mass is 555 g/mol. The molecule has 1 aromatic carbocycles. The van der Waals surface area contributed by atoms with Crippen LogP contribution < -0.4 is 15.1 Å². The van der Waals surface area contributed by atoms with Gasteiger partial charge in [0.05, 0.1) is 6.10 Å². The van der Waals surface area contributed by atoms with E-state index < -0.39 is 6.23 Å². The fraction of sp³-hybridized carbons (Fsp3) is 0.531. The second-order valence-electron chi connectivity index (χ2n) is 12.2. The molecule has 1 saturated heterocycles. The molecule has 0 radical (unpaired) electrons. The van der Waals surface area contributed by atoms with Crippen LogP contribution in [-0.4, -0.2) is 74.9 Å². The molecule has 4 heterocycles. The molecule has 9 heteroatoms. The standard InChI is InChI=1S/C32H41N7O2/c40-26-6-4-25(5-7-26)39-30-29(20-35-32(36-30)34-14-9-22-1-2-22)27-8-3-23(19-28(27)31(39)41)21-37-15-17-38(18-16-37)24-10-12-33-13-11-24/h3,8,10-13,19-20,22,25-26,31,40-41H,1-2,4-7,9,14-18,21H2,(H,34,35,36). The highest BCUT2D eigenvalue weighted by Crippen LogP contribution is 2.46. The van der Waals surface area contributed by atoms with Gasteiger partial charge in [-0.05, 0) is 67.3 Å². The molecule has 216 valence electrons. The van der Waals surface area contributed by atoms with Crippen LogP contribution in [0.15, 0.2) is 48.9 Å². The predicted molar refractivity (Wildman–Crippen MR) is 161 cm³/mol. The van der Waals surface area contributed by atoms with E-state index in [2.05, 4.69) is 60.3 Å². The van der Waals surface area contributed by atoms with Crippen LogP contribution in [0.1, 0.15) is 62.3 Å². The lowest BCUT2D eigenvalue weighted by Gasteiger charge is -2.43. The van der Waals surface area contributed by atoms with Gasteiger partial charge in [0, 0.05) is 80.7 Å². The van der Waals surface area contributed by atoms with E-state index in [0.717, 1.165) is 99.8 Å². The molecule has 2 aromatic heterocycles. The van der Waals surface area contributed by atoms with E-state index in [-0.39, 0.29) is 12.1 Å². The Labute approximate surface area is 242 Å². The number of benzene rings is 1. The second kappa shape index (κ2) is 11.5. The second-order valence-corrected chi connectivity index (χ2v) is 12.2. The molecule has 3 aromatic rings. The summed E-state index contributed by atoms with van der Waals surface area (Å²) in [4.78, 5) is 20.8. The first-order valence-corrected chi connectivity index (χ1v) is 15.4. The third-order valence-electron chi connectivity index (χ3n) is 9.36. The van der Waals surface area contributed by atoms with E-state index in [9.17, 15) is 10.2 Å². The molecule has 0 spiro atoms. The molecule has 0 amide bonds. The number of rotatable bonds is 8. The summed E-state index contributed by atoms with van der Waals surface area (Å²) in [6, 6.07) is 10.8. The Morgan fingerprint density at radius 1 is 0.878 bits per heavy atom. The van der Waals surface area contributed by atoms with Crippen molar-refractivity contribution in [2.75, 3.05) is 47.8 Å². The van der Waals surface area contributed by atoms with Crippen molar-refractivity contribution in [3.05, 3.63) is 60.0 Å². The van der Waals surface area contributed by atoms with E-state index in [1.165, 1.54) is 24.1 Å². The molecule has 2 saturated carbocycles. The number of pyridine rings is 1. The fourth-order valence-corrected chi connectivity index (χ4v) is 6.76. The molecular formula is C32H41N7O2. The molecular weight excluding hydrogens is 514 g/mol. The average molecular weight is 556 g/mol. The van der Waals surface area contributed by atoms with Crippen LogP contribution in [0.4, 0.5) is 17.5 Å². The maximum atomic E-state index is 11.9. The van der Waals surface area contributed by atoms with Crippen molar-refractivity contribution in [1.29, 1.82) is 0 Å².